The van der Waals surface area contributed by atoms with Gasteiger partial charge in [-0.25, -0.2) is 13.2 Å². The molecule has 0 aliphatic carbocycles. The highest BCUT2D eigenvalue weighted by molar-refractivity contribution is 7.92. The van der Waals surface area contributed by atoms with Crippen molar-refractivity contribution in [2.75, 3.05) is 4.72 Å². The van der Waals surface area contributed by atoms with Crippen LogP contribution in [0.15, 0.2) is 106 Å². The minimum atomic E-state index is -3.98. The Balaban J connectivity index is 1.31. The Morgan fingerprint density at radius 3 is 2.34 bits per heavy atom. The highest BCUT2D eigenvalue weighted by Crippen LogP contribution is 2.31. The summed E-state index contributed by atoms with van der Waals surface area (Å²) >= 11 is 0. The van der Waals surface area contributed by atoms with Crippen molar-refractivity contribution in [3.05, 3.63) is 108 Å². The largest absolute Gasteiger partial charge is 0.459 e. The zero-order valence-corrected chi connectivity index (χ0v) is 23.5. The van der Waals surface area contributed by atoms with Gasteiger partial charge in [-0.3, -0.25) is 9.52 Å². The third-order valence-electron chi connectivity index (χ3n) is 6.56. The molecule has 5 rings (SSSR count). The number of benzene rings is 4. The van der Waals surface area contributed by atoms with Gasteiger partial charge in [-0.1, -0.05) is 68.4 Å². The van der Waals surface area contributed by atoms with Crippen LogP contribution in [0.2, 0.25) is 0 Å². The van der Waals surface area contributed by atoms with Gasteiger partial charge >= 0.3 is 5.97 Å². The number of amides is 1. The van der Waals surface area contributed by atoms with Crippen LogP contribution in [-0.4, -0.2) is 26.3 Å². The molecule has 8 nitrogen and oxygen atoms in total. The van der Waals surface area contributed by atoms with E-state index in [2.05, 4.69) is 10.0 Å². The second kappa shape index (κ2) is 11.9. The molecular weight excluding hydrogens is 540 g/mol. The second-order valence-electron chi connectivity index (χ2n) is 10.2. The van der Waals surface area contributed by atoms with Crippen LogP contribution in [0.5, 0.6) is 0 Å². The van der Waals surface area contributed by atoms with Crippen LogP contribution < -0.4 is 10.0 Å². The molecule has 4 aromatic carbocycles. The van der Waals surface area contributed by atoms with Crippen molar-refractivity contribution in [1.29, 1.82) is 0 Å². The van der Waals surface area contributed by atoms with Gasteiger partial charge in [-0.05, 0) is 60.4 Å². The average Bonchev–Trinajstić information content (AvgIpc) is 3.34. The highest BCUT2D eigenvalue weighted by Gasteiger charge is 2.25. The predicted molar refractivity (Wildman–Crippen MR) is 158 cm³/mol. The van der Waals surface area contributed by atoms with E-state index in [1.807, 2.05) is 68.4 Å². The fraction of sp³-hybridized carbons (Fsp3) is 0.188. The summed E-state index contributed by atoms with van der Waals surface area (Å²) in [6.45, 7) is 3.99. The summed E-state index contributed by atoms with van der Waals surface area (Å²) in [5, 5.41) is 4.26. The summed E-state index contributed by atoms with van der Waals surface area (Å²) in [7, 11) is -3.98. The Morgan fingerprint density at radius 1 is 0.829 bits per heavy atom. The van der Waals surface area contributed by atoms with Gasteiger partial charge in [-0.15, -0.1) is 0 Å². The van der Waals surface area contributed by atoms with E-state index >= 15 is 0 Å². The van der Waals surface area contributed by atoms with Gasteiger partial charge in [0.15, 0.2) is 0 Å². The third kappa shape index (κ3) is 6.58. The number of fused-ring (bicyclic) bond motifs is 3. The fourth-order valence-corrected chi connectivity index (χ4v) is 5.64. The second-order valence-corrected chi connectivity index (χ2v) is 11.9. The Bertz CT molecular complexity index is 1810. The molecular formula is C32H30N2O6S. The van der Waals surface area contributed by atoms with Crippen molar-refractivity contribution in [2.45, 2.75) is 37.8 Å². The number of furan rings is 1. The van der Waals surface area contributed by atoms with Gasteiger partial charge in [0.2, 0.25) is 0 Å². The summed E-state index contributed by atoms with van der Waals surface area (Å²) < 4.78 is 40.3. The van der Waals surface area contributed by atoms with E-state index in [4.69, 9.17) is 9.15 Å². The van der Waals surface area contributed by atoms with Gasteiger partial charge in [0.05, 0.1) is 4.90 Å². The Morgan fingerprint density at radius 2 is 1.56 bits per heavy atom. The van der Waals surface area contributed by atoms with Gasteiger partial charge in [0.25, 0.3) is 15.9 Å². The van der Waals surface area contributed by atoms with Crippen molar-refractivity contribution in [3.8, 4) is 0 Å². The molecule has 0 bridgehead atoms. The Hall–Kier alpha value is -4.63. The summed E-state index contributed by atoms with van der Waals surface area (Å²) in [5.41, 5.74) is 2.51. The lowest BCUT2D eigenvalue weighted by Crippen LogP contribution is -2.42. The Kier molecular flexibility index (Phi) is 8.07. The molecule has 210 valence electrons. The molecule has 0 saturated heterocycles. The normalized spacial score (nSPS) is 12.4. The summed E-state index contributed by atoms with van der Waals surface area (Å²) in [6.07, 6.45) is 0.386. The Labute approximate surface area is 238 Å². The first-order valence-corrected chi connectivity index (χ1v) is 14.7. The molecule has 0 fully saturated rings. The summed E-state index contributed by atoms with van der Waals surface area (Å²) in [6, 6.07) is 26.6. The lowest BCUT2D eigenvalue weighted by Gasteiger charge is -2.20. The van der Waals surface area contributed by atoms with Crippen LogP contribution >= 0.6 is 0 Å². The minimum absolute atomic E-state index is 0.0598. The van der Waals surface area contributed by atoms with Gasteiger partial charge < -0.3 is 14.5 Å². The smallest absolute Gasteiger partial charge is 0.328 e. The molecule has 0 radical (unpaired) electrons. The van der Waals surface area contributed by atoms with Gasteiger partial charge in [-0.2, -0.15) is 0 Å². The van der Waals surface area contributed by atoms with Crippen molar-refractivity contribution in [2.24, 2.45) is 5.92 Å². The summed E-state index contributed by atoms with van der Waals surface area (Å²) in [4.78, 5) is 26.0. The van der Waals surface area contributed by atoms with Crippen molar-refractivity contribution < 1.29 is 27.2 Å². The van der Waals surface area contributed by atoms with Gasteiger partial charge in [0, 0.05) is 22.0 Å². The zero-order valence-electron chi connectivity index (χ0n) is 22.7. The van der Waals surface area contributed by atoms with Crippen LogP contribution in [0.3, 0.4) is 0 Å². The first kappa shape index (κ1) is 27.9. The third-order valence-corrected chi connectivity index (χ3v) is 7.94. The molecule has 5 aromatic rings. The number of anilines is 1. The van der Waals surface area contributed by atoms with Crippen LogP contribution in [-0.2, 0) is 26.2 Å². The standard InChI is InChI=1S/C32H30N2O6S/c1-21(2)17-28(32(36)39-20-22-9-4-3-5-10-22)33-31(35)23-11-8-12-24(18-23)34-41(37,38)25-15-16-30-27(19-25)26-13-6-7-14-29(26)40-30/h3-16,18-19,21,28,34H,17,20H2,1-2H3,(H,33,35)/t28-/m1/s1. The van der Waals surface area contributed by atoms with E-state index in [1.165, 1.54) is 12.1 Å². The maximum Gasteiger partial charge on any atom is 0.328 e. The molecule has 9 heteroatoms. The SMILES string of the molecule is CC(C)C[C@@H](NC(=O)c1cccc(NS(=O)(=O)c2ccc3oc4ccccc4c3c2)c1)C(=O)OCc1ccccc1. The summed E-state index contributed by atoms with van der Waals surface area (Å²) in [5.74, 6) is -0.929. The minimum Gasteiger partial charge on any atom is -0.459 e. The molecule has 0 unspecified atom stereocenters. The molecule has 0 aliphatic rings. The first-order chi connectivity index (χ1) is 19.7. The molecule has 1 amide bonds. The van der Waals surface area contributed by atoms with Crippen LogP contribution in [0.25, 0.3) is 21.9 Å². The maximum absolute atomic E-state index is 13.3. The number of carbonyl (C=O) groups excluding carboxylic acids is 2. The number of sulfonamides is 1. The predicted octanol–water partition coefficient (Wildman–Crippen LogP) is 6.27. The molecule has 1 aromatic heterocycles. The molecule has 1 atom stereocenters. The number of ether oxygens (including phenoxy) is 1. The molecule has 0 saturated carbocycles. The van der Waals surface area contributed by atoms with E-state index in [1.54, 1.807) is 30.3 Å². The lowest BCUT2D eigenvalue weighted by molar-refractivity contribution is -0.147. The zero-order chi connectivity index (χ0) is 29.0. The van der Waals surface area contributed by atoms with E-state index in [9.17, 15) is 18.0 Å². The van der Waals surface area contributed by atoms with E-state index in [0.717, 1.165) is 10.9 Å². The number of para-hydroxylation sites is 1. The number of carbonyl (C=O) groups is 2. The number of esters is 1. The fourth-order valence-electron chi connectivity index (χ4n) is 4.57. The van der Waals surface area contributed by atoms with Crippen LogP contribution in [0, 0.1) is 5.92 Å². The quantitative estimate of drug-likeness (QED) is 0.191. The van der Waals surface area contributed by atoms with Crippen molar-refractivity contribution in [3.63, 3.8) is 0 Å². The van der Waals surface area contributed by atoms with E-state index in [-0.39, 0.29) is 28.7 Å². The molecule has 0 spiro atoms. The van der Waals surface area contributed by atoms with E-state index < -0.39 is 27.9 Å². The van der Waals surface area contributed by atoms with Gasteiger partial charge in [0.1, 0.15) is 23.8 Å². The maximum atomic E-state index is 13.3. The molecule has 1 heterocycles. The number of hydrogen-bond acceptors (Lipinski definition) is 6. The first-order valence-electron chi connectivity index (χ1n) is 13.3. The number of hydrogen-bond donors (Lipinski definition) is 2. The average molecular weight is 571 g/mol. The number of rotatable bonds is 10. The van der Waals surface area contributed by atoms with Crippen LogP contribution in [0.1, 0.15) is 36.2 Å². The lowest BCUT2D eigenvalue weighted by atomic mass is 10.0. The van der Waals surface area contributed by atoms with Crippen molar-refractivity contribution >= 4 is 49.5 Å². The molecule has 0 aliphatic heterocycles. The molecule has 2 N–H and O–H groups in total. The topological polar surface area (TPSA) is 115 Å². The molecule has 41 heavy (non-hydrogen) atoms. The number of nitrogens with one attached hydrogen (secondary N) is 2. The van der Waals surface area contributed by atoms with Crippen molar-refractivity contribution in [1.82, 2.24) is 5.32 Å². The van der Waals surface area contributed by atoms with E-state index in [0.29, 0.717) is 23.0 Å². The highest BCUT2D eigenvalue weighted by atomic mass is 32.2. The monoisotopic (exact) mass is 570 g/mol. The van der Waals surface area contributed by atoms with Crippen LogP contribution in [0.4, 0.5) is 5.69 Å².